The molecule has 0 aliphatic rings. The minimum Gasteiger partial charge on any atom is -0.504 e. The molecule has 0 fully saturated rings. The first kappa shape index (κ1) is 13.6. The van der Waals surface area contributed by atoms with Gasteiger partial charge in [0, 0.05) is 6.08 Å². The fourth-order valence-electron chi connectivity index (χ4n) is 1.16. The maximum atomic E-state index is 11.1. The zero-order valence-electron chi connectivity index (χ0n) is 9.62. The lowest BCUT2D eigenvalue weighted by molar-refractivity contribution is -0.151. The van der Waals surface area contributed by atoms with E-state index >= 15 is 0 Å². The molecule has 96 valence electrons. The smallest absolute Gasteiger partial charge is 0.341 e. The van der Waals surface area contributed by atoms with Crippen LogP contribution >= 0.6 is 0 Å². The van der Waals surface area contributed by atoms with Crippen LogP contribution in [0.1, 0.15) is 5.56 Å². The van der Waals surface area contributed by atoms with E-state index in [4.69, 9.17) is 9.84 Å². The number of aromatic hydroxyl groups is 1. The molecule has 0 aliphatic carbocycles. The van der Waals surface area contributed by atoms with Crippen molar-refractivity contribution in [3.8, 4) is 11.5 Å². The Morgan fingerprint density at radius 2 is 2.11 bits per heavy atom. The summed E-state index contributed by atoms with van der Waals surface area (Å²) in [4.78, 5) is 21.2. The van der Waals surface area contributed by atoms with Gasteiger partial charge in [-0.3, -0.25) is 0 Å². The highest BCUT2D eigenvalue weighted by atomic mass is 16.5. The Labute approximate surface area is 103 Å². The fraction of sp³-hybridized carbons (Fsp3) is 0.167. The number of rotatable bonds is 5. The maximum absolute atomic E-state index is 11.1. The van der Waals surface area contributed by atoms with Gasteiger partial charge in [0.05, 0.1) is 7.11 Å². The van der Waals surface area contributed by atoms with E-state index in [0.717, 1.165) is 6.08 Å². The second-order valence-corrected chi connectivity index (χ2v) is 3.27. The highest BCUT2D eigenvalue weighted by Gasteiger charge is 2.03. The van der Waals surface area contributed by atoms with Crippen LogP contribution in [0.3, 0.4) is 0 Å². The van der Waals surface area contributed by atoms with E-state index in [1.165, 1.54) is 25.3 Å². The monoisotopic (exact) mass is 252 g/mol. The molecule has 1 aromatic carbocycles. The number of carboxylic acid groups (broad SMARTS) is 1. The molecule has 0 bridgehead atoms. The Kier molecular flexibility index (Phi) is 4.74. The summed E-state index contributed by atoms with van der Waals surface area (Å²) >= 11 is 0. The summed E-state index contributed by atoms with van der Waals surface area (Å²) in [5, 5.41) is 17.8. The number of aliphatic carboxylic acids is 1. The number of methoxy groups -OCH3 is 1. The van der Waals surface area contributed by atoms with Crippen LogP contribution < -0.4 is 4.74 Å². The van der Waals surface area contributed by atoms with Crippen molar-refractivity contribution in [1.29, 1.82) is 0 Å². The van der Waals surface area contributed by atoms with Gasteiger partial charge in [0.1, 0.15) is 0 Å². The Morgan fingerprint density at radius 3 is 2.67 bits per heavy atom. The largest absolute Gasteiger partial charge is 0.504 e. The van der Waals surface area contributed by atoms with Crippen LogP contribution in [0.5, 0.6) is 11.5 Å². The SMILES string of the molecule is COc1ccc(C=CC(=O)OCC(=O)O)cc1O. The average Bonchev–Trinajstić information content (AvgIpc) is 2.34. The minimum absolute atomic E-state index is 0.0569. The summed E-state index contributed by atoms with van der Waals surface area (Å²) in [7, 11) is 1.42. The van der Waals surface area contributed by atoms with E-state index in [1.54, 1.807) is 6.07 Å². The topological polar surface area (TPSA) is 93.1 Å². The highest BCUT2D eigenvalue weighted by molar-refractivity contribution is 5.88. The quantitative estimate of drug-likeness (QED) is 0.600. The lowest BCUT2D eigenvalue weighted by Crippen LogP contribution is -2.10. The first-order chi connectivity index (χ1) is 8.52. The molecule has 0 saturated carbocycles. The van der Waals surface area contributed by atoms with Gasteiger partial charge in [-0.05, 0) is 23.8 Å². The average molecular weight is 252 g/mol. The Balaban J connectivity index is 2.64. The predicted molar refractivity (Wildman–Crippen MR) is 62.3 cm³/mol. The van der Waals surface area contributed by atoms with Crippen LogP contribution in [0, 0.1) is 0 Å². The molecule has 0 atom stereocenters. The highest BCUT2D eigenvalue weighted by Crippen LogP contribution is 2.26. The van der Waals surface area contributed by atoms with Crippen LogP contribution in [-0.2, 0) is 14.3 Å². The van der Waals surface area contributed by atoms with Gasteiger partial charge in [-0.1, -0.05) is 6.07 Å². The number of esters is 1. The Hall–Kier alpha value is -2.50. The van der Waals surface area contributed by atoms with Crippen molar-refractivity contribution in [2.75, 3.05) is 13.7 Å². The van der Waals surface area contributed by atoms with Gasteiger partial charge in [-0.25, -0.2) is 9.59 Å². The van der Waals surface area contributed by atoms with E-state index in [0.29, 0.717) is 11.3 Å². The molecule has 1 rings (SSSR count). The second-order valence-electron chi connectivity index (χ2n) is 3.27. The Bertz CT molecular complexity index is 477. The van der Waals surface area contributed by atoms with Gasteiger partial charge < -0.3 is 19.7 Å². The third kappa shape index (κ3) is 4.17. The van der Waals surface area contributed by atoms with Gasteiger partial charge in [0.15, 0.2) is 18.1 Å². The normalized spacial score (nSPS) is 10.3. The molecule has 0 heterocycles. The van der Waals surface area contributed by atoms with Crippen LogP contribution in [-0.4, -0.2) is 35.9 Å². The lowest BCUT2D eigenvalue weighted by Gasteiger charge is -2.03. The summed E-state index contributed by atoms with van der Waals surface area (Å²) in [6, 6.07) is 4.57. The minimum atomic E-state index is -1.22. The van der Waals surface area contributed by atoms with Gasteiger partial charge in [-0.2, -0.15) is 0 Å². The van der Waals surface area contributed by atoms with Gasteiger partial charge in [0.25, 0.3) is 0 Å². The molecule has 2 N–H and O–H groups in total. The fourth-order valence-corrected chi connectivity index (χ4v) is 1.16. The molecular weight excluding hydrogens is 240 g/mol. The summed E-state index contributed by atoms with van der Waals surface area (Å²) in [6.45, 7) is -0.683. The molecule has 0 saturated heterocycles. The van der Waals surface area contributed by atoms with Crippen molar-refractivity contribution < 1.29 is 29.3 Å². The summed E-state index contributed by atoms with van der Waals surface area (Å²) in [5.41, 5.74) is 0.556. The molecule has 0 spiro atoms. The maximum Gasteiger partial charge on any atom is 0.341 e. The van der Waals surface area contributed by atoms with E-state index in [9.17, 15) is 14.7 Å². The molecule has 0 unspecified atom stereocenters. The Morgan fingerprint density at radius 1 is 1.39 bits per heavy atom. The van der Waals surface area contributed by atoms with Crippen molar-refractivity contribution in [1.82, 2.24) is 0 Å². The zero-order valence-corrected chi connectivity index (χ0v) is 9.62. The first-order valence-corrected chi connectivity index (χ1v) is 4.96. The number of carbonyl (C=O) groups excluding carboxylic acids is 1. The molecule has 0 aliphatic heterocycles. The third-order valence-electron chi connectivity index (χ3n) is 1.95. The molecular formula is C12H12O6. The molecule has 1 aromatic rings. The van der Waals surface area contributed by atoms with Gasteiger partial charge in [-0.15, -0.1) is 0 Å². The number of phenols is 1. The number of hydrogen-bond acceptors (Lipinski definition) is 5. The number of ether oxygens (including phenoxy) is 2. The molecule has 6 nitrogen and oxygen atoms in total. The molecule has 0 aromatic heterocycles. The van der Waals surface area contributed by atoms with Crippen LogP contribution in [0.4, 0.5) is 0 Å². The number of hydrogen-bond donors (Lipinski definition) is 2. The van der Waals surface area contributed by atoms with Gasteiger partial charge in [0.2, 0.25) is 0 Å². The predicted octanol–water partition coefficient (Wildman–Crippen LogP) is 1.04. The van der Waals surface area contributed by atoms with Crippen LogP contribution in [0.2, 0.25) is 0 Å². The van der Waals surface area contributed by atoms with Gasteiger partial charge >= 0.3 is 11.9 Å². The molecule has 6 heteroatoms. The van der Waals surface area contributed by atoms with Crippen molar-refractivity contribution in [3.63, 3.8) is 0 Å². The molecule has 0 radical (unpaired) electrons. The number of carbonyl (C=O) groups is 2. The number of carboxylic acids is 1. The summed E-state index contributed by atoms with van der Waals surface area (Å²) < 4.78 is 9.25. The van der Waals surface area contributed by atoms with E-state index < -0.39 is 18.5 Å². The van der Waals surface area contributed by atoms with E-state index in [-0.39, 0.29) is 5.75 Å². The summed E-state index contributed by atoms with van der Waals surface area (Å²) in [6.07, 6.45) is 2.47. The van der Waals surface area contributed by atoms with Crippen molar-refractivity contribution in [2.45, 2.75) is 0 Å². The first-order valence-electron chi connectivity index (χ1n) is 4.96. The second kappa shape index (κ2) is 6.29. The van der Waals surface area contributed by atoms with Crippen LogP contribution in [0.15, 0.2) is 24.3 Å². The van der Waals surface area contributed by atoms with E-state index in [1.807, 2.05) is 0 Å². The number of benzene rings is 1. The summed E-state index contributed by atoms with van der Waals surface area (Å²) in [5.74, 6) is -1.73. The van der Waals surface area contributed by atoms with Crippen molar-refractivity contribution in [3.05, 3.63) is 29.8 Å². The van der Waals surface area contributed by atoms with E-state index in [2.05, 4.69) is 4.74 Å². The standard InChI is InChI=1S/C12H12O6/c1-17-10-4-2-8(6-9(10)13)3-5-12(16)18-7-11(14)15/h2-6,13H,7H2,1H3,(H,14,15). The molecule has 18 heavy (non-hydrogen) atoms. The third-order valence-corrected chi connectivity index (χ3v) is 1.95. The lowest BCUT2D eigenvalue weighted by atomic mass is 10.2. The van der Waals surface area contributed by atoms with Crippen LogP contribution in [0.25, 0.3) is 6.08 Å². The van der Waals surface area contributed by atoms with Crippen molar-refractivity contribution >= 4 is 18.0 Å². The molecule has 0 amide bonds. The number of phenolic OH excluding ortho intramolecular Hbond substituents is 1. The zero-order chi connectivity index (χ0) is 13.5. The van der Waals surface area contributed by atoms with Crippen molar-refractivity contribution in [2.24, 2.45) is 0 Å².